The minimum absolute atomic E-state index is 0.0285. The highest BCUT2D eigenvalue weighted by Crippen LogP contribution is 2.45. The number of hydrogen-bond acceptors (Lipinski definition) is 15. The number of aliphatic hydroxyl groups is 1. The quantitative estimate of drug-likeness (QED) is 0.0780. The molecule has 3 amide bonds. The number of aliphatic hydroxyl groups excluding tert-OH is 1. The van der Waals surface area contributed by atoms with Crippen LogP contribution in [0.2, 0.25) is 5.02 Å². The van der Waals surface area contributed by atoms with Gasteiger partial charge in [-0.25, -0.2) is 4.39 Å². The Bertz CT molecular complexity index is 3610. The predicted molar refractivity (Wildman–Crippen MR) is 308 cm³/mol. The summed E-state index contributed by atoms with van der Waals surface area (Å²) >= 11 is 6.98. The molecule has 7 heterocycles. The lowest BCUT2D eigenvalue weighted by molar-refractivity contribution is -0.141. The molecule has 82 heavy (non-hydrogen) atoms. The van der Waals surface area contributed by atoms with Gasteiger partial charge in [0, 0.05) is 87.9 Å². The monoisotopic (exact) mass is 1130 g/mol. The van der Waals surface area contributed by atoms with Crippen LogP contribution in [0, 0.1) is 28.5 Å². The van der Waals surface area contributed by atoms with Gasteiger partial charge in [-0.3, -0.25) is 24.0 Å². The maximum atomic E-state index is 17.3. The number of ether oxygens (including phenoxy) is 1. The molecule has 4 fully saturated rings. The number of aromatic hydroxyl groups is 1. The Labute approximate surface area is 479 Å². The number of nitrogens with zero attached hydrogens (tertiary/aromatic N) is 11. The Hall–Kier alpha value is -8.12. The molecule has 0 aliphatic carbocycles. The van der Waals surface area contributed by atoms with Crippen LogP contribution < -0.4 is 19.9 Å². The molecule has 11 rings (SSSR count). The van der Waals surface area contributed by atoms with Crippen LogP contribution in [-0.2, 0) is 21.4 Å². The van der Waals surface area contributed by atoms with Crippen LogP contribution in [0.4, 0.5) is 16.0 Å². The van der Waals surface area contributed by atoms with Crippen molar-refractivity contribution in [3.05, 3.63) is 120 Å². The number of nitrogens with one attached hydrogen (secondary N) is 1. The van der Waals surface area contributed by atoms with Crippen molar-refractivity contribution in [2.24, 2.45) is 18.4 Å². The number of aromatic nitrogens is 5. The number of rotatable bonds is 16. The average molecular weight is 1130 g/mol. The van der Waals surface area contributed by atoms with E-state index in [2.05, 4.69) is 43.0 Å². The number of piperazine rings is 1. The summed E-state index contributed by atoms with van der Waals surface area (Å²) in [5.41, 5.74) is 3.37. The Balaban J connectivity index is 0.729. The van der Waals surface area contributed by atoms with Crippen molar-refractivity contribution < 1.29 is 38.2 Å². The number of benzene rings is 4. The number of phenolic OH excluding ortho intramolecular Hbond substituents is 1. The third kappa shape index (κ3) is 10.9. The van der Waals surface area contributed by atoms with E-state index in [9.17, 15) is 29.9 Å². The summed E-state index contributed by atoms with van der Waals surface area (Å²) in [4.78, 5) is 60.2. The first-order chi connectivity index (χ1) is 39.5. The molecule has 0 saturated carbocycles. The third-order valence-corrected chi connectivity index (χ3v) is 17.3. The van der Waals surface area contributed by atoms with E-state index in [4.69, 9.17) is 25.8 Å². The zero-order valence-corrected chi connectivity index (χ0v) is 47.1. The summed E-state index contributed by atoms with van der Waals surface area (Å²) < 4.78 is 31.3. The fourth-order valence-electron chi connectivity index (χ4n) is 12.5. The smallest absolute Gasteiger partial charge is 0.319 e. The first-order valence-electron chi connectivity index (χ1n) is 27.9. The summed E-state index contributed by atoms with van der Waals surface area (Å²) in [6, 6.07) is 24.2. The number of likely N-dealkylation sites (tertiary alicyclic amines) is 2. The molecular weight excluding hydrogens is 1070 g/mol. The highest BCUT2D eigenvalue weighted by Gasteiger charge is 2.47. The largest absolute Gasteiger partial charge is 0.508 e. The molecular formula is C61H66ClFN12O7. The summed E-state index contributed by atoms with van der Waals surface area (Å²) in [5.74, 6) is -1.17. The molecule has 0 unspecified atom stereocenters. The Morgan fingerprint density at radius 1 is 0.976 bits per heavy atom. The van der Waals surface area contributed by atoms with Crippen molar-refractivity contribution >= 4 is 62.6 Å². The molecule has 7 aromatic rings. The van der Waals surface area contributed by atoms with Gasteiger partial charge in [0.25, 0.3) is 0 Å². The Kier molecular flexibility index (Phi) is 15.7. The van der Waals surface area contributed by atoms with Gasteiger partial charge in [-0.2, -0.15) is 20.3 Å². The molecule has 0 bridgehead atoms. The van der Waals surface area contributed by atoms with Crippen molar-refractivity contribution in [1.82, 2.24) is 44.9 Å². The lowest BCUT2D eigenvalue weighted by Gasteiger charge is -2.54. The number of hydrogen-bond donors (Lipinski definition) is 3. The van der Waals surface area contributed by atoms with Crippen LogP contribution in [0.5, 0.6) is 11.8 Å². The molecule has 4 saturated heterocycles. The van der Waals surface area contributed by atoms with E-state index in [1.165, 1.54) is 17.0 Å². The van der Waals surface area contributed by atoms with Gasteiger partial charge in [-0.05, 0) is 96.6 Å². The van der Waals surface area contributed by atoms with Crippen molar-refractivity contribution in [2.45, 2.75) is 76.6 Å². The van der Waals surface area contributed by atoms with Gasteiger partial charge in [-0.1, -0.05) is 85.7 Å². The average Bonchev–Trinajstić information content (AvgIpc) is 3.15. The lowest BCUT2D eigenvalue weighted by atomic mass is 9.72. The van der Waals surface area contributed by atoms with Crippen LogP contribution in [0.15, 0.2) is 102 Å². The SMILES string of the molecule is C=CC(=O)N1CCN(c2nc(OCCN3CCC4(CC3)CN(c3cc([C@H](C(=O)N5C[C@H](O)C[C@H]5C(=O)N[C@@H](C)c5ccc(-c6ccnn6C)cc5)C(C)C)on3)C4)nc3c(F)c(-c4cc(O)cc5ccccc45)c(Cl)cc23)C[C@@H]1CC#N. The number of β-amino-alcohol motifs (C(OH)–C–C–N with tert-alkyl or cyclic N) is 1. The number of piperidine rings is 1. The molecule has 1 spiro atoms. The fourth-order valence-corrected chi connectivity index (χ4v) is 12.8. The maximum Gasteiger partial charge on any atom is 0.319 e. The highest BCUT2D eigenvalue weighted by molar-refractivity contribution is 6.35. The second-order valence-corrected chi connectivity index (χ2v) is 23.0. The number of halogens is 2. The first-order valence-corrected chi connectivity index (χ1v) is 28.3. The number of fused-ring (bicyclic) bond motifs is 2. The zero-order chi connectivity index (χ0) is 57.6. The minimum Gasteiger partial charge on any atom is -0.508 e. The number of nitriles is 1. The van der Waals surface area contributed by atoms with E-state index in [1.54, 1.807) is 27.9 Å². The molecule has 3 aromatic heterocycles. The molecule has 3 N–H and O–H groups in total. The van der Waals surface area contributed by atoms with Gasteiger partial charge < -0.3 is 44.4 Å². The van der Waals surface area contributed by atoms with Crippen LogP contribution in [0.3, 0.4) is 0 Å². The first kappa shape index (κ1) is 55.8. The molecule has 426 valence electrons. The van der Waals surface area contributed by atoms with E-state index in [0.29, 0.717) is 52.2 Å². The van der Waals surface area contributed by atoms with Gasteiger partial charge in [-0.15, -0.1) is 0 Å². The second kappa shape index (κ2) is 23.0. The number of carbonyl (C=O) groups excluding carboxylic acids is 3. The predicted octanol–water partition coefficient (Wildman–Crippen LogP) is 8.01. The van der Waals surface area contributed by atoms with Crippen molar-refractivity contribution in [2.75, 3.05) is 75.3 Å². The molecule has 4 aliphatic rings. The van der Waals surface area contributed by atoms with E-state index in [-0.39, 0.29) is 102 Å². The summed E-state index contributed by atoms with van der Waals surface area (Å²) in [6.45, 7) is 14.2. The van der Waals surface area contributed by atoms with Crippen LogP contribution >= 0.6 is 11.6 Å². The standard InChI is InChI=1S/C61H66ClFN12O7/c1-6-52(78)74-24-23-72(32-41(74)15-19-64)57-46-30-47(62)54(45-28-42(76)27-40-9-7-8-10-44(40)45)55(63)56(46)67-60(68-57)81-26-25-71-21-17-61(18-22-71)34-73(35-61)51-31-50(82-69-51)53(36(2)3)59(80)75-33-43(77)29-49(75)58(79)66-37(4)38-11-13-39(14-12-38)48-16-20-65-70(48)5/h6-14,16,20,27-28,30-31,36-37,41,43,49,53,76-77H,1,15,17-18,21-26,29,32-35H2,2-5H3,(H,66,79)/t37-,41-,43+,49-,53+/m0/s1. The van der Waals surface area contributed by atoms with Crippen molar-refractivity contribution in [3.63, 3.8) is 0 Å². The molecule has 21 heteroatoms. The Morgan fingerprint density at radius 3 is 2.46 bits per heavy atom. The van der Waals surface area contributed by atoms with Crippen LogP contribution in [0.25, 0.3) is 44.1 Å². The number of carbonyl (C=O) groups is 3. The van der Waals surface area contributed by atoms with Crippen LogP contribution in [-0.4, -0.2) is 151 Å². The molecule has 4 aliphatic heterocycles. The van der Waals surface area contributed by atoms with Gasteiger partial charge >= 0.3 is 6.01 Å². The van der Waals surface area contributed by atoms with Gasteiger partial charge in [0.1, 0.15) is 35.7 Å². The minimum atomic E-state index is -0.855. The third-order valence-electron chi connectivity index (χ3n) is 17.0. The summed E-state index contributed by atoms with van der Waals surface area (Å²) in [5, 5.41) is 44.9. The number of anilines is 2. The van der Waals surface area contributed by atoms with E-state index in [1.807, 2.05) is 93.4 Å². The van der Waals surface area contributed by atoms with E-state index >= 15 is 4.39 Å². The molecule has 5 atom stereocenters. The van der Waals surface area contributed by atoms with Crippen molar-refractivity contribution in [1.29, 1.82) is 5.26 Å². The van der Waals surface area contributed by atoms with Gasteiger partial charge in [0.15, 0.2) is 17.4 Å². The molecule has 19 nitrogen and oxygen atoms in total. The second-order valence-electron chi connectivity index (χ2n) is 22.6. The van der Waals surface area contributed by atoms with E-state index in [0.717, 1.165) is 55.8 Å². The number of amides is 3. The summed E-state index contributed by atoms with van der Waals surface area (Å²) in [6.07, 6.45) is 4.17. The van der Waals surface area contributed by atoms with E-state index < -0.39 is 29.9 Å². The summed E-state index contributed by atoms with van der Waals surface area (Å²) in [7, 11) is 1.88. The van der Waals surface area contributed by atoms with Gasteiger partial charge in [0.2, 0.25) is 17.7 Å². The van der Waals surface area contributed by atoms with Gasteiger partial charge in [0.05, 0.1) is 41.4 Å². The topological polar surface area (TPSA) is 223 Å². The highest BCUT2D eigenvalue weighted by atomic mass is 35.5. The maximum absolute atomic E-state index is 17.3. The number of phenols is 1. The van der Waals surface area contributed by atoms with Crippen molar-refractivity contribution in [3.8, 4) is 40.2 Å². The lowest BCUT2D eigenvalue weighted by Crippen LogP contribution is -2.60. The molecule has 4 aromatic carbocycles. The van der Waals surface area contributed by atoms with Crippen LogP contribution in [0.1, 0.15) is 69.7 Å². The fraction of sp³-hybridized carbons (Fsp3) is 0.410. The Morgan fingerprint density at radius 2 is 1.74 bits per heavy atom. The zero-order valence-electron chi connectivity index (χ0n) is 46.3. The normalized spacial score (nSPS) is 19.8. The number of aryl methyl sites for hydroxylation is 1. The molecule has 0 radical (unpaired) electrons.